The normalized spacial score (nSPS) is 9.81. The van der Waals surface area contributed by atoms with E-state index in [1.807, 2.05) is 5.38 Å². The number of nitrogens with two attached hydrogens (primary N) is 1. The lowest BCUT2D eigenvalue weighted by atomic mass is 10.2. The van der Waals surface area contributed by atoms with Crippen LogP contribution in [0.3, 0.4) is 0 Å². The molecule has 1 rings (SSSR count). The van der Waals surface area contributed by atoms with Gasteiger partial charge in [-0.3, -0.25) is 4.79 Å². The largest absolute Gasteiger partial charge is 0.481 e. The number of hydrogen-bond acceptors (Lipinski definition) is 4. The molecule has 0 fully saturated rings. The first kappa shape index (κ1) is 15.3. The summed E-state index contributed by atoms with van der Waals surface area (Å²) < 4.78 is 0. The molecule has 0 aliphatic heterocycles. The summed E-state index contributed by atoms with van der Waals surface area (Å²) in [7, 11) is 0. The highest BCUT2D eigenvalue weighted by molar-refractivity contribution is 7.09. The molecule has 92 valence electrons. The van der Waals surface area contributed by atoms with Crippen molar-refractivity contribution in [1.29, 1.82) is 0 Å². The number of carboxylic acid groups (broad SMARTS) is 1. The van der Waals surface area contributed by atoms with Crippen LogP contribution in [0.2, 0.25) is 0 Å². The molecule has 0 saturated carbocycles. The topological polar surface area (TPSA) is 76.2 Å². The number of thiazole rings is 1. The molecule has 1 aromatic rings. The minimum Gasteiger partial charge on any atom is -0.481 e. The summed E-state index contributed by atoms with van der Waals surface area (Å²) in [6, 6.07) is 0. The number of carbonyl (C=O) groups is 1. The van der Waals surface area contributed by atoms with E-state index in [9.17, 15) is 4.79 Å². The lowest BCUT2D eigenvalue weighted by Crippen LogP contribution is -2.00. The summed E-state index contributed by atoms with van der Waals surface area (Å²) in [6.45, 7) is 0.738. The predicted octanol–water partition coefficient (Wildman–Crippen LogP) is 1.86. The summed E-state index contributed by atoms with van der Waals surface area (Å²) in [4.78, 5) is 14.7. The Hall–Kier alpha value is -0.650. The van der Waals surface area contributed by atoms with Crippen molar-refractivity contribution in [3.8, 4) is 0 Å². The number of rotatable bonds is 7. The van der Waals surface area contributed by atoms with Crippen molar-refractivity contribution >= 4 is 29.7 Å². The molecule has 0 atom stereocenters. The third kappa shape index (κ3) is 6.05. The number of aromatic nitrogens is 1. The van der Waals surface area contributed by atoms with Gasteiger partial charge in [-0.05, 0) is 25.8 Å². The van der Waals surface area contributed by atoms with Crippen LogP contribution >= 0.6 is 23.7 Å². The molecule has 0 amide bonds. The van der Waals surface area contributed by atoms with E-state index in [1.165, 1.54) is 0 Å². The van der Waals surface area contributed by atoms with Gasteiger partial charge in [-0.25, -0.2) is 4.98 Å². The van der Waals surface area contributed by atoms with E-state index in [0.717, 1.165) is 37.2 Å². The summed E-state index contributed by atoms with van der Waals surface area (Å²) in [5.41, 5.74) is 6.06. The van der Waals surface area contributed by atoms with E-state index >= 15 is 0 Å². The fourth-order valence-electron chi connectivity index (χ4n) is 1.30. The maximum Gasteiger partial charge on any atom is 0.309 e. The van der Waals surface area contributed by atoms with Gasteiger partial charge in [0.2, 0.25) is 0 Å². The number of nitrogens with zero attached hydrogens (tertiary/aromatic N) is 1. The summed E-state index contributed by atoms with van der Waals surface area (Å²) in [5, 5.41) is 11.4. The van der Waals surface area contributed by atoms with E-state index in [1.54, 1.807) is 11.3 Å². The van der Waals surface area contributed by atoms with Crippen molar-refractivity contribution in [3.63, 3.8) is 0 Å². The Kier molecular flexibility index (Phi) is 8.15. The molecule has 0 aliphatic carbocycles. The van der Waals surface area contributed by atoms with Gasteiger partial charge >= 0.3 is 5.97 Å². The van der Waals surface area contributed by atoms with Crippen LogP contribution in [0.4, 0.5) is 0 Å². The molecule has 6 heteroatoms. The van der Waals surface area contributed by atoms with Crippen LogP contribution in [0.1, 0.15) is 30.0 Å². The average Bonchev–Trinajstić information content (AvgIpc) is 2.59. The molecule has 16 heavy (non-hydrogen) atoms. The Labute approximate surface area is 105 Å². The third-order valence-electron chi connectivity index (χ3n) is 2.03. The number of carboxylic acids is 1. The van der Waals surface area contributed by atoms with Crippen LogP contribution < -0.4 is 5.73 Å². The fourth-order valence-corrected chi connectivity index (χ4v) is 2.14. The number of aryl methyl sites for hydroxylation is 1. The van der Waals surface area contributed by atoms with Crippen molar-refractivity contribution < 1.29 is 9.90 Å². The van der Waals surface area contributed by atoms with E-state index in [0.29, 0.717) is 5.69 Å². The number of hydrogen-bond donors (Lipinski definition) is 2. The molecule has 0 bridgehead atoms. The third-order valence-corrected chi connectivity index (χ3v) is 2.98. The Morgan fingerprint density at radius 1 is 1.44 bits per heavy atom. The first-order valence-corrected chi connectivity index (χ1v) is 5.95. The fraction of sp³-hybridized carbons (Fsp3) is 0.600. The van der Waals surface area contributed by atoms with Crippen molar-refractivity contribution in [2.24, 2.45) is 5.73 Å². The lowest BCUT2D eigenvalue weighted by molar-refractivity contribution is -0.136. The minimum atomic E-state index is -0.824. The van der Waals surface area contributed by atoms with Crippen molar-refractivity contribution in [2.75, 3.05) is 6.54 Å². The van der Waals surface area contributed by atoms with Crippen molar-refractivity contribution in [2.45, 2.75) is 32.1 Å². The van der Waals surface area contributed by atoms with Crippen LogP contribution in [-0.4, -0.2) is 22.6 Å². The molecular weight excluding hydrogens is 248 g/mol. The zero-order chi connectivity index (χ0) is 11.1. The highest BCUT2D eigenvalue weighted by Crippen LogP contribution is 2.13. The SMILES string of the molecule is Cl.NCCCCCc1nc(CC(=O)O)cs1. The second-order valence-corrected chi connectivity index (χ2v) is 4.35. The zero-order valence-electron chi connectivity index (χ0n) is 9.02. The van der Waals surface area contributed by atoms with E-state index in [-0.39, 0.29) is 18.8 Å². The molecular formula is C10H17ClN2O2S. The first-order valence-electron chi connectivity index (χ1n) is 5.07. The van der Waals surface area contributed by atoms with E-state index in [2.05, 4.69) is 4.98 Å². The maximum absolute atomic E-state index is 10.4. The number of aliphatic carboxylic acids is 1. The monoisotopic (exact) mass is 264 g/mol. The Bertz CT molecular complexity index is 318. The van der Waals surface area contributed by atoms with Crippen LogP contribution in [0.15, 0.2) is 5.38 Å². The molecule has 0 unspecified atom stereocenters. The van der Waals surface area contributed by atoms with Gasteiger partial charge in [-0.15, -0.1) is 23.7 Å². The number of unbranched alkanes of at least 4 members (excludes halogenated alkanes) is 2. The molecule has 0 saturated heterocycles. The van der Waals surface area contributed by atoms with E-state index in [4.69, 9.17) is 10.8 Å². The van der Waals surface area contributed by atoms with Gasteiger partial charge in [-0.2, -0.15) is 0 Å². The Morgan fingerprint density at radius 2 is 2.19 bits per heavy atom. The van der Waals surface area contributed by atoms with Crippen LogP contribution in [0.5, 0.6) is 0 Å². The Balaban J connectivity index is 0.00000225. The van der Waals surface area contributed by atoms with Gasteiger partial charge in [0.05, 0.1) is 17.1 Å². The highest BCUT2D eigenvalue weighted by atomic mass is 35.5. The van der Waals surface area contributed by atoms with Crippen molar-refractivity contribution in [1.82, 2.24) is 4.98 Å². The standard InChI is InChI=1S/C10H16N2O2S.ClH/c11-5-3-1-2-4-9-12-8(7-15-9)6-10(13)14;/h7H,1-6,11H2,(H,13,14);1H. The van der Waals surface area contributed by atoms with Gasteiger partial charge in [-0.1, -0.05) is 6.42 Å². The molecule has 3 N–H and O–H groups in total. The predicted molar refractivity (Wildman–Crippen MR) is 67.3 cm³/mol. The smallest absolute Gasteiger partial charge is 0.309 e. The van der Waals surface area contributed by atoms with Gasteiger partial charge in [0.1, 0.15) is 0 Å². The summed E-state index contributed by atoms with van der Waals surface area (Å²) >= 11 is 1.54. The van der Waals surface area contributed by atoms with Gasteiger partial charge in [0.15, 0.2) is 0 Å². The zero-order valence-corrected chi connectivity index (χ0v) is 10.6. The Morgan fingerprint density at radius 3 is 2.81 bits per heavy atom. The van der Waals surface area contributed by atoms with Gasteiger partial charge < -0.3 is 10.8 Å². The highest BCUT2D eigenvalue weighted by Gasteiger charge is 2.05. The van der Waals surface area contributed by atoms with Gasteiger partial charge in [0.25, 0.3) is 0 Å². The van der Waals surface area contributed by atoms with Crippen molar-refractivity contribution in [3.05, 3.63) is 16.1 Å². The van der Waals surface area contributed by atoms with Crippen LogP contribution in [0.25, 0.3) is 0 Å². The minimum absolute atomic E-state index is 0. The van der Waals surface area contributed by atoms with Crippen LogP contribution in [-0.2, 0) is 17.6 Å². The first-order chi connectivity index (χ1) is 7.22. The van der Waals surface area contributed by atoms with Crippen LogP contribution in [0, 0.1) is 0 Å². The molecule has 0 aromatic carbocycles. The molecule has 1 heterocycles. The average molecular weight is 265 g/mol. The molecule has 1 aromatic heterocycles. The quantitative estimate of drug-likeness (QED) is 0.737. The number of halogens is 1. The summed E-state index contributed by atoms with van der Waals surface area (Å²) in [5.74, 6) is -0.824. The molecule has 4 nitrogen and oxygen atoms in total. The summed E-state index contributed by atoms with van der Waals surface area (Å²) in [6.07, 6.45) is 4.21. The second-order valence-electron chi connectivity index (χ2n) is 3.40. The molecule has 0 aliphatic rings. The second kappa shape index (κ2) is 8.50. The maximum atomic E-state index is 10.4. The van der Waals surface area contributed by atoms with E-state index < -0.39 is 5.97 Å². The van der Waals surface area contributed by atoms with Gasteiger partial charge in [0, 0.05) is 5.38 Å². The lowest BCUT2D eigenvalue weighted by Gasteiger charge is -1.95. The molecule has 0 spiro atoms. The molecule has 0 radical (unpaired) electrons.